The van der Waals surface area contributed by atoms with E-state index in [9.17, 15) is 13.2 Å². The molecule has 0 radical (unpaired) electrons. The number of urea groups is 1. The van der Waals surface area contributed by atoms with Crippen molar-refractivity contribution in [3.05, 3.63) is 29.8 Å². The number of amides is 2. The first-order chi connectivity index (χ1) is 10.9. The van der Waals surface area contributed by atoms with Gasteiger partial charge < -0.3 is 15.4 Å². The lowest BCUT2D eigenvalue weighted by atomic mass is 10.0. The average Bonchev–Trinajstić information content (AvgIpc) is 2.89. The zero-order chi connectivity index (χ0) is 16.9. The van der Waals surface area contributed by atoms with Gasteiger partial charge in [-0.2, -0.15) is 0 Å². The second kappa shape index (κ2) is 7.68. The summed E-state index contributed by atoms with van der Waals surface area (Å²) in [6.07, 6.45) is 1.35. The molecule has 1 aliphatic rings. The molecule has 0 saturated carbocycles. The maximum atomic E-state index is 12.1. The Morgan fingerprint density at radius 2 is 2.13 bits per heavy atom. The van der Waals surface area contributed by atoms with Gasteiger partial charge in [0, 0.05) is 12.1 Å². The fourth-order valence-corrected chi connectivity index (χ4v) is 4.70. The van der Waals surface area contributed by atoms with E-state index in [0.29, 0.717) is 13.0 Å². The van der Waals surface area contributed by atoms with Crippen LogP contribution in [0.1, 0.15) is 31.4 Å². The third-order valence-electron chi connectivity index (χ3n) is 4.11. The van der Waals surface area contributed by atoms with Crippen LogP contribution in [0.4, 0.5) is 4.79 Å². The fourth-order valence-electron chi connectivity index (χ4n) is 2.83. The third-order valence-corrected chi connectivity index (χ3v) is 5.94. The highest BCUT2D eigenvalue weighted by atomic mass is 32.2. The van der Waals surface area contributed by atoms with Crippen LogP contribution in [0.2, 0.25) is 0 Å². The monoisotopic (exact) mass is 340 g/mol. The van der Waals surface area contributed by atoms with Gasteiger partial charge in [0.2, 0.25) is 0 Å². The summed E-state index contributed by atoms with van der Waals surface area (Å²) in [5.74, 6) is 1.13. The van der Waals surface area contributed by atoms with Crippen LogP contribution in [0, 0.1) is 5.92 Å². The SMILES string of the molecule is CC[C@H](NC(=O)NC[C@@H]1CCS(=O)(=O)C1)c1ccccc1OC. The van der Waals surface area contributed by atoms with Gasteiger partial charge in [0.1, 0.15) is 5.75 Å². The van der Waals surface area contributed by atoms with Gasteiger partial charge >= 0.3 is 6.03 Å². The van der Waals surface area contributed by atoms with E-state index in [2.05, 4.69) is 10.6 Å². The van der Waals surface area contributed by atoms with E-state index in [-0.39, 0.29) is 29.5 Å². The number of methoxy groups -OCH3 is 1. The molecule has 128 valence electrons. The van der Waals surface area contributed by atoms with Crippen LogP contribution in [0.5, 0.6) is 5.75 Å². The fraction of sp³-hybridized carbons (Fsp3) is 0.562. The zero-order valence-electron chi connectivity index (χ0n) is 13.5. The molecule has 0 unspecified atom stereocenters. The van der Waals surface area contributed by atoms with Gasteiger partial charge in [-0.05, 0) is 24.8 Å². The van der Waals surface area contributed by atoms with Gasteiger partial charge in [0.25, 0.3) is 0 Å². The van der Waals surface area contributed by atoms with Crippen LogP contribution >= 0.6 is 0 Å². The highest BCUT2D eigenvalue weighted by Gasteiger charge is 2.28. The molecule has 0 spiro atoms. The molecule has 6 nitrogen and oxygen atoms in total. The molecule has 1 aliphatic heterocycles. The minimum absolute atomic E-state index is 0.0112. The lowest BCUT2D eigenvalue weighted by Gasteiger charge is -2.20. The molecule has 1 fully saturated rings. The lowest BCUT2D eigenvalue weighted by Crippen LogP contribution is -2.40. The zero-order valence-corrected chi connectivity index (χ0v) is 14.4. The van der Waals surface area contributed by atoms with Crippen LogP contribution in [0.15, 0.2) is 24.3 Å². The standard InChI is InChI=1S/C16H24N2O4S/c1-3-14(13-6-4-5-7-15(13)22-2)18-16(19)17-10-12-8-9-23(20,21)11-12/h4-7,12,14H,3,8-11H2,1-2H3,(H2,17,18,19)/t12-,14-/m0/s1. The summed E-state index contributed by atoms with van der Waals surface area (Å²) in [5.41, 5.74) is 0.927. The van der Waals surface area contributed by atoms with Gasteiger partial charge in [0.05, 0.1) is 24.7 Å². The van der Waals surface area contributed by atoms with Crippen molar-refractivity contribution in [2.24, 2.45) is 5.92 Å². The van der Waals surface area contributed by atoms with Crippen LogP contribution in [0.25, 0.3) is 0 Å². The molecule has 2 rings (SSSR count). The molecule has 1 aromatic carbocycles. The second-order valence-electron chi connectivity index (χ2n) is 5.83. The molecular weight excluding hydrogens is 316 g/mol. The molecule has 1 aromatic rings. The van der Waals surface area contributed by atoms with Gasteiger partial charge in [-0.15, -0.1) is 0 Å². The van der Waals surface area contributed by atoms with Crippen molar-refractivity contribution in [1.29, 1.82) is 0 Å². The molecule has 2 N–H and O–H groups in total. The van der Waals surface area contributed by atoms with Crippen LogP contribution in [0.3, 0.4) is 0 Å². The molecule has 23 heavy (non-hydrogen) atoms. The molecule has 0 aliphatic carbocycles. The molecule has 0 bridgehead atoms. The van der Waals surface area contributed by atoms with Gasteiger partial charge in [0.15, 0.2) is 9.84 Å². The second-order valence-corrected chi connectivity index (χ2v) is 8.05. The van der Waals surface area contributed by atoms with E-state index in [4.69, 9.17) is 4.74 Å². The molecule has 2 atom stereocenters. The van der Waals surface area contributed by atoms with E-state index in [1.165, 1.54) is 0 Å². The van der Waals surface area contributed by atoms with Crippen LogP contribution < -0.4 is 15.4 Å². The Kier molecular flexibility index (Phi) is 5.87. The predicted octanol–water partition coefficient (Wildman–Crippen LogP) is 1.88. The van der Waals surface area contributed by atoms with Gasteiger partial charge in [-0.3, -0.25) is 0 Å². The Labute approximate surface area is 137 Å². The average molecular weight is 340 g/mol. The highest BCUT2D eigenvalue weighted by molar-refractivity contribution is 7.91. The predicted molar refractivity (Wildman–Crippen MR) is 89.3 cm³/mol. The quantitative estimate of drug-likeness (QED) is 0.828. The summed E-state index contributed by atoms with van der Waals surface area (Å²) in [4.78, 5) is 12.1. The topological polar surface area (TPSA) is 84.5 Å². The van der Waals surface area contributed by atoms with E-state index < -0.39 is 9.84 Å². The molecule has 2 amide bonds. The van der Waals surface area contributed by atoms with Crippen molar-refractivity contribution < 1.29 is 17.9 Å². The van der Waals surface area contributed by atoms with Crippen molar-refractivity contribution in [2.75, 3.05) is 25.2 Å². The van der Waals surface area contributed by atoms with E-state index in [1.807, 2.05) is 31.2 Å². The molecule has 7 heteroatoms. The Morgan fingerprint density at radius 1 is 1.39 bits per heavy atom. The number of ether oxygens (including phenoxy) is 1. The van der Waals surface area contributed by atoms with E-state index in [1.54, 1.807) is 7.11 Å². The first-order valence-electron chi connectivity index (χ1n) is 7.83. The molecule has 1 heterocycles. The largest absolute Gasteiger partial charge is 0.496 e. The minimum atomic E-state index is -2.91. The van der Waals surface area contributed by atoms with Crippen molar-refractivity contribution in [2.45, 2.75) is 25.8 Å². The molecular formula is C16H24N2O4S. The highest BCUT2D eigenvalue weighted by Crippen LogP contribution is 2.26. The summed E-state index contributed by atoms with van der Waals surface area (Å²) in [7, 11) is -1.31. The number of carbonyl (C=O) groups excluding carboxylic acids is 1. The number of sulfone groups is 1. The number of hydrogen-bond acceptors (Lipinski definition) is 4. The Bertz CT molecular complexity index is 645. The Morgan fingerprint density at radius 3 is 2.74 bits per heavy atom. The number of benzene rings is 1. The van der Waals surface area contributed by atoms with Crippen molar-refractivity contribution >= 4 is 15.9 Å². The molecule has 0 aromatic heterocycles. The van der Waals surface area contributed by atoms with Crippen molar-refractivity contribution in [3.63, 3.8) is 0 Å². The lowest BCUT2D eigenvalue weighted by molar-refractivity contribution is 0.235. The van der Waals surface area contributed by atoms with Crippen LogP contribution in [-0.2, 0) is 9.84 Å². The number of hydrogen-bond donors (Lipinski definition) is 2. The number of rotatable bonds is 6. The van der Waals surface area contributed by atoms with Crippen LogP contribution in [-0.4, -0.2) is 39.6 Å². The Hall–Kier alpha value is -1.76. The van der Waals surface area contributed by atoms with Gasteiger partial charge in [-0.1, -0.05) is 25.1 Å². The summed E-state index contributed by atoms with van der Waals surface area (Å²) in [6.45, 7) is 2.37. The number of nitrogens with one attached hydrogen (secondary N) is 2. The summed E-state index contributed by atoms with van der Waals surface area (Å²) < 4.78 is 28.2. The van der Waals surface area contributed by atoms with Crippen molar-refractivity contribution in [1.82, 2.24) is 10.6 Å². The number of para-hydroxylation sites is 1. The maximum absolute atomic E-state index is 12.1. The minimum Gasteiger partial charge on any atom is -0.496 e. The van der Waals surface area contributed by atoms with E-state index >= 15 is 0 Å². The normalized spacial score (nSPS) is 20.7. The summed E-state index contributed by atoms with van der Waals surface area (Å²) in [5, 5.41) is 5.70. The number of carbonyl (C=O) groups is 1. The van der Waals surface area contributed by atoms with Crippen molar-refractivity contribution in [3.8, 4) is 5.75 Å². The first-order valence-corrected chi connectivity index (χ1v) is 9.65. The summed E-state index contributed by atoms with van der Waals surface area (Å²) >= 11 is 0. The summed E-state index contributed by atoms with van der Waals surface area (Å²) in [6, 6.07) is 7.14. The smallest absolute Gasteiger partial charge is 0.315 e. The first kappa shape index (κ1) is 17.6. The molecule has 1 saturated heterocycles. The Balaban J connectivity index is 1.90. The van der Waals surface area contributed by atoms with E-state index in [0.717, 1.165) is 17.7 Å². The maximum Gasteiger partial charge on any atom is 0.315 e. The van der Waals surface area contributed by atoms with Gasteiger partial charge in [-0.25, -0.2) is 13.2 Å². The third kappa shape index (κ3) is 4.86.